The highest BCUT2D eigenvalue weighted by atomic mass is 32.1. The summed E-state index contributed by atoms with van der Waals surface area (Å²) < 4.78 is 52.0. The van der Waals surface area contributed by atoms with E-state index < -0.39 is 12.0 Å². The Morgan fingerprint density at radius 2 is 2.11 bits per heavy atom. The second kappa shape index (κ2) is 6.06. The average Bonchev–Trinajstić information content (AvgIpc) is 3.40. The van der Waals surface area contributed by atoms with Crippen LogP contribution >= 0.6 is 11.3 Å². The predicted molar refractivity (Wildman–Crippen MR) is 95.8 cm³/mol. The number of oxazole rings is 1. The van der Waals surface area contributed by atoms with Crippen molar-refractivity contribution in [1.82, 2.24) is 19.6 Å². The number of allylic oxidation sites excluding steroid dienone is 1. The van der Waals surface area contributed by atoms with E-state index in [1.165, 1.54) is 4.52 Å². The SMILES string of the molecule is Cc1cccc2oc(/C(=C3\CCCO3)c3csc4nc(C(F)(F)F)nn34)nc12. The van der Waals surface area contributed by atoms with Crippen molar-refractivity contribution in [3.8, 4) is 0 Å². The minimum Gasteiger partial charge on any atom is -0.497 e. The van der Waals surface area contributed by atoms with Gasteiger partial charge in [0.2, 0.25) is 10.9 Å². The third-order valence-electron chi connectivity index (χ3n) is 4.53. The number of thiazole rings is 1. The quantitative estimate of drug-likeness (QED) is 0.477. The van der Waals surface area contributed by atoms with Gasteiger partial charge in [0, 0.05) is 11.8 Å². The number of fused-ring (bicyclic) bond motifs is 2. The van der Waals surface area contributed by atoms with Crippen molar-refractivity contribution in [1.29, 1.82) is 0 Å². The van der Waals surface area contributed by atoms with E-state index in [4.69, 9.17) is 9.15 Å². The molecule has 1 saturated heterocycles. The van der Waals surface area contributed by atoms with Gasteiger partial charge in [0.25, 0.3) is 5.82 Å². The van der Waals surface area contributed by atoms with E-state index >= 15 is 0 Å². The second-order valence-electron chi connectivity index (χ2n) is 6.44. The van der Waals surface area contributed by atoms with Crippen molar-refractivity contribution in [2.45, 2.75) is 25.9 Å². The first-order valence-electron chi connectivity index (χ1n) is 8.56. The molecule has 0 amide bonds. The van der Waals surface area contributed by atoms with Crippen LogP contribution in [0.5, 0.6) is 0 Å². The number of hydrogen-bond acceptors (Lipinski definition) is 6. The Labute approximate surface area is 160 Å². The normalized spacial score (nSPS) is 16.9. The summed E-state index contributed by atoms with van der Waals surface area (Å²) in [6, 6.07) is 5.59. The lowest BCUT2D eigenvalue weighted by Gasteiger charge is -2.07. The van der Waals surface area contributed by atoms with Crippen LogP contribution in [-0.2, 0) is 10.9 Å². The highest BCUT2D eigenvalue weighted by Crippen LogP contribution is 2.37. The molecule has 0 saturated carbocycles. The fourth-order valence-corrected chi connectivity index (χ4v) is 4.05. The van der Waals surface area contributed by atoms with Crippen molar-refractivity contribution in [2.24, 2.45) is 0 Å². The lowest BCUT2D eigenvalue weighted by Crippen LogP contribution is -2.08. The Bertz CT molecular complexity index is 1230. The van der Waals surface area contributed by atoms with Gasteiger partial charge in [-0.3, -0.25) is 0 Å². The molecule has 4 aromatic rings. The molecule has 1 fully saturated rings. The molecule has 28 heavy (non-hydrogen) atoms. The minimum absolute atomic E-state index is 0.144. The average molecular weight is 406 g/mol. The number of aromatic nitrogens is 4. The first-order chi connectivity index (χ1) is 13.4. The van der Waals surface area contributed by atoms with Crippen LogP contribution in [0.15, 0.2) is 33.8 Å². The molecule has 0 aliphatic carbocycles. The Morgan fingerprint density at radius 3 is 2.82 bits per heavy atom. The summed E-state index contributed by atoms with van der Waals surface area (Å²) >= 11 is 1.07. The monoisotopic (exact) mass is 406 g/mol. The van der Waals surface area contributed by atoms with E-state index in [0.29, 0.717) is 47.0 Å². The van der Waals surface area contributed by atoms with Crippen molar-refractivity contribution >= 4 is 33.0 Å². The number of alkyl halides is 3. The van der Waals surface area contributed by atoms with Crippen LogP contribution in [0.25, 0.3) is 21.6 Å². The summed E-state index contributed by atoms with van der Waals surface area (Å²) in [6.07, 6.45) is -3.16. The third-order valence-corrected chi connectivity index (χ3v) is 5.35. The highest BCUT2D eigenvalue weighted by Gasteiger charge is 2.37. The molecule has 0 radical (unpaired) electrons. The Hall–Kier alpha value is -2.88. The van der Waals surface area contributed by atoms with Crippen LogP contribution in [0.1, 0.15) is 35.8 Å². The zero-order valence-corrected chi connectivity index (χ0v) is 15.4. The smallest absolute Gasteiger partial charge is 0.453 e. The zero-order valence-electron chi connectivity index (χ0n) is 14.6. The molecule has 144 valence electrons. The van der Waals surface area contributed by atoms with Crippen LogP contribution in [0, 0.1) is 6.92 Å². The lowest BCUT2D eigenvalue weighted by atomic mass is 10.1. The van der Waals surface area contributed by atoms with Gasteiger partial charge < -0.3 is 9.15 Å². The second-order valence-corrected chi connectivity index (χ2v) is 7.28. The molecule has 0 spiro atoms. The van der Waals surface area contributed by atoms with E-state index in [2.05, 4.69) is 15.1 Å². The van der Waals surface area contributed by atoms with Crippen LogP contribution in [0.3, 0.4) is 0 Å². The van der Waals surface area contributed by atoms with Crippen molar-refractivity contribution in [3.63, 3.8) is 0 Å². The van der Waals surface area contributed by atoms with Gasteiger partial charge in [0.05, 0.1) is 12.3 Å². The van der Waals surface area contributed by atoms with Crippen LogP contribution in [-0.4, -0.2) is 26.2 Å². The molecule has 1 aliphatic rings. The number of ether oxygens (including phenoxy) is 1. The lowest BCUT2D eigenvalue weighted by molar-refractivity contribution is -0.144. The molecule has 4 heterocycles. The molecule has 1 aromatic carbocycles. The van der Waals surface area contributed by atoms with Crippen LogP contribution in [0.2, 0.25) is 0 Å². The number of nitrogens with zero attached hydrogens (tertiary/aromatic N) is 4. The first kappa shape index (κ1) is 17.2. The Morgan fingerprint density at radius 1 is 1.25 bits per heavy atom. The number of hydrogen-bond donors (Lipinski definition) is 0. The largest absolute Gasteiger partial charge is 0.497 e. The molecule has 6 nitrogen and oxygen atoms in total. The number of rotatable bonds is 2. The summed E-state index contributed by atoms with van der Waals surface area (Å²) in [4.78, 5) is 8.33. The zero-order chi connectivity index (χ0) is 19.5. The molecule has 0 N–H and O–H groups in total. The van der Waals surface area contributed by atoms with Gasteiger partial charge >= 0.3 is 6.18 Å². The van der Waals surface area contributed by atoms with Crippen LogP contribution < -0.4 is 0 Å². The van der Waals surface area contributed by atoms with Gasteiger partial charge in [-0.2, -0.15) is 18.2 Å². The van der Waals surface area contributed by atoms with Crippen molar-refractivity contribution in [2.75, 3.05) is 6.61 Å². The third kappa shape index (κ3) is 2.67. The maximum Gasteiger partial charge on any atom is 0.453 e. The molecule has 0 bridgehead atoms. The topological polar surface area (TPSA) is 65.5 Å². The van der Waals surface area contributed by atoms with Crippen LogP contribution in [0.4, 0.5) is 13.2 Å². The number of para-hydroxylation sites is 1. The van der Waals surface area contributed by atoms with E-state index in [0.717, 1.165) is 23.3 Å². The first-order valence-corrected chi connectivity index (χ1v) is 9.44. The van der Waals surface area contributed by atoms with Gasteiger partial charge in [-0.25, -0.2) is 9.50 Å². The minimum atomic E-state index is -4.62. The fraction of sp³-hybridized carbons (Fsp3) is 0.278. The summed E-state index contributed by atoms with van der Waals surface area (Å²) in [5.41, 5.74) is 3.18. The van der Waals surface area contributed by atoms with Gasteiger partial charge in [-0.1, -0.05) is 12.1 Å². The Kier molecular flexibility index (Phi) is 3.73. The van der Waals surface area contributed by atoms with E-state index in [-0.39, 0.29) is 4.96 Å². The van der Waals surface area contributed by atoms with Crippen molar-refractivity contribution in [3.05, 3.63) is 52.3 Å². The highest BCUT2D eigenvalue weighted by molar-refractivity contribution is 7.15. The number of benzene rings is 1. The maximum absolute atomic E-state index is 13.0. The van der Waals surface area contributed by atoms with Crippen molar-refractivity contribution < 1.29 is 22.3 Å². The summed E-state index contributed by atoms with van der Waals surface area (Å²) in [7, 11) is 0. The molecule has 1 aliphatic heterocycles. The number of aryl methyl sites for hydroxylation is 1. The summed E-state index contributed by atoms with van der Waals surface area (Å²) in [5, 5.41) is 5.36. The molecule has 3 aromatic heterocycles. The maximum atomic E-state index is 13.0. The molecular weight excluding hydrogens is 393 g/mol. The molecule has 0 unspecified atom stereocenters. The number of halogens is 3. The standard InChI is InChI=1S/C18H13F3N4O2S/c1-9-4-2-5-12-14(9)22-15(27-12)13(11-6-3-7-26-11)10-8-28-17-23-16(18(19,20)21)24-25(10)17/h2,4-5,8H,3,6-7H2,1H3/b13-11+. The van der Waals surface area contributed by atoms with Gasteiger partial charge in [-0.05, 0) is 25.0 Å². The van der Waals surface area contributed by atoms with E-state index in [1.54, 1.807) is 11.4 Å². The summed E-state index contributed by atoms with van der Waals surface area (Å²) in [6.45, 7) is 2.46. The summed E-state index contributed by atoms with van der Waals surface area (Å²) in [5.74, 6) is -0.247. The molecule has 5 rings (SSSR count). The van der Waals surface area contributed by atoms with E-state index in [9.17, 15) is 13.2 Å². The van der Waals surface area contributed by atoms with Gasteiger partial charge in [-0.15, -0.1) is 16.4 Å². The molecule has 0 atom stereocenters. The fourth-order valence-electron chi connectivity index (χ4n) is 3.24. The predicted octanol–water partition coefficient (Wildman–Crippen LogP) is 4.83. The van der Waals surface area contributed by atoms with Gasteiger partial charge in [0.15, 0.2) is 5.58 Å². The molecule has 10 heteroatoms. The van der Waals surface area contributed by atoms with Gasteiger partial charge in [0.1, 0.15) is 16.8 Å². The Balaban J connectivity index is 1.74. The molecular formula is C18H13F3N4O2S. The van der Waals surface area contributed by atoms with E-state index in [1.807, 2.05) is 19.1 Å².